The van der Waals surface area contributed by atoms with Gasteiger partial charge in [-0.3, -0.25) is 14.2 Å². The Morgan fingerprint density at radius 2 is 2.09 bits per heavy atom. The number of nitrogens with one attached hydrogen (secondary N) is 1. The fourth-order valence-corrected chi connectivity index (χ4v) is 4.03. The maximum absolute atomic E-state index is 12.1. The average Bonchev–Trinajstić information content (AvgIpc) is 2.89. The van der Waals surface area contributed by atoms with Crippen molar-refractivity contribution in [2.75, 3.05) is 12.3 Å². The van der Waals surface area contributed by atoms with E-state index in [2.05, 4.69) is 17.2 Å². The van der Waals surface area contributed by atoms with Crippen LogP contribution < -0.4 is 10.9 Å². The fraction of sp³-hybridized carbons (Fsp3) is 0.706. The van der Waals surface area contributed by atoms with Gasteiger partial charge in [-0.15, -0.1) is 0 Å². The molecule has 0 aliphatic carbocycles. The minimum Gasteiger partial charge on any atom is -0.356 e. The molecule has 1 aromatic heterocycles. The predicted molar refractivity (Wildman–Crippen MR) is 94.0 cm³/mol. The van der Waals surface area contributed by atoms with Crippen molar-refractivity contribution in [2.45, 2.75) is 70.0 Å². The third-order valence-electron chi connectivity index (χ3n) is 4.09. The Kier molecular flexibility index (Phi) is 7.15. The molecule has 5 nitrogen and oxygen atoms in total. The molecule has 2 heterocycles. The Morgan fingerprint density at radius 1 is 1.35 bits per heavy atom. The molecule has 128 valence electrons. The van der Waals surface area contributed by atoms with E-state index in [1.165, 1.54) is 38.2 Å². The van der Waals surface area contributed by atoms with E-state index in [1.54, 1.807) is 16.3 Å². The zero-order chi connectivity index (χ0) is 16.7. The van der Waals surface area contributed by atoms with Gasteiger partial charge in [0, 0.05) is 30.5 Å². The standard InChI is InChI=1S/C17H27N3O2S/c1-3-4-5-6-7-8-9-18-15(21)11-14-12-23-17-19-13(2)10-16(22)20(14)17/h10,14H,3-9,11-12H2,1-2H3,(H,18,21). The summed E-state index contributed by atoms with van der Waals surface area (Å²) in [5.41, 5.74) is 0.688. The molecule has 23 heavy (non-hydrogen) atoms. The van der Waals surface area contributed by atoms with Crippen LogP contribution >= 0.6 is 11.8 Å². The highest BCUT2D eigenvalue weighted by Gasteiger charge is 2.27. The smallest absolute Gasteiger partial charge is 0.254 e. The second-order valence-electron chi connectivity index (χ2n) is 6.18. The second kappa shape index (κ2) is 9.11. The number of thioether (sulfide) groups is 1. The summed E-state index contributed by atoms with van der Waals surface area (Å²) in [7, 11) is 0. The van der Waals surface area contributed by atoms with Crippen LogP contribution in [0, 0.1) is 6.92 Å². The van der Waals surface area contributed by atoms with E-state index in [4.69, 9.17) is 0 Å². The molecular weight excluding hydrogens is 310 g/mol. The average molecular weight is 337 g/mol. The number of carbonyl (C=O) groups excluding carboxylic acids is 1. The largest absolute Gasteiger partial charge is 0.356 e. The maximum Gasteiger partial charge on any atom is 0.254 e. The van der Waals surface area contributed by atoms with Gasteiger partial charge < -0.3 is 5.32 Å². The lowest BCUT2D eigenvalue weighted by Gasteiger charge is -2.13. The van der Waals surface area contributed by atoms with Crippen molar-refractivity contribution >= 4 is 17.7 Å². The zero-order valence-corrected chi connectivity index (χ0v) is 15.0. The molecule has 1 aliphatic heterocycles. The molecule has 6 heteroatoms. The van der Waals surface area contributed by atoms with E-state index in [0.29, 0.717) is 6.42 Å². The highest BCUT2D eigenvalue weighted by atomic mass is 32.2. The van der Waals surface area contributed by atoms with Crippen molar-refractivity contribution in [2.24, 2.45) is 0 Å². The van der Waals surface area contributed by atoms with Gasteiger partial charge in [-0.05, 0) is 13.3 Å². The fourth-order valence-electron chi connectivity index (χ4n) is 2.83. The molecule has 1 aliphatic rings. The first kappa shape index (κ1) is 18.0. The third kappa shape index (κ3) is 5.37. The van der Waals surface area contributed by atoms with Gasteiger partial charge in [0.15, 0.2) is 5.16 Å². The number of fused-ring (bicyclic) bond motifs is 1. The van der Waals surface area contributed by atoms with Gasteiger partial charge >= 0.3 is 0 Å². The van der Waals surface area contributed by atoms with Gasteiger partial charge in [0.1, 0.15) is 0 Å². The molecule has 0 bridgehead atoms. The molecule has 0 aromatic carbocycles. The van der Waals surface area contributed by atoms with Crippen molar-refractivity contribution in [3.05, 3.63) is 22.1 Å². The van der Waals surface area contributed by atoms with Crippen molar-refractivity contribution < 1.29 is 4.79 Å². The van der Waals surface area contributed by atoms with Gasteiger partial charge in [-0.1, -0.05) is 50.8 Å². The number of nitrogens with zero attached hydrogens (tertiary/aromatic N) is 2. The van der Waals surface area contributed by atoms with E-state index in [1.807, 2.05) is 6.92 Å². The predicted octanol–water partition coefficient (Wildman–Crippen LogP) is 3.07. The summed E-state index contributed by atoms with van der Waals surface area (Å²) >= 11 is 1.56. The van der Waals surface area contributed by atoms with Crippen LogP contribution in [-0.4, -0.2) is 27.8 Å². The molecule has 2 rings (SSSR count). The van der Waals surface area contributed by atoms with Crippen LogP contribution in [-0.2, 0) is 4.79 Å². The van der Waals surface area contributed by atoms with Crippen molar-refractivity contribution in [3.8, 4) is 0 Å². The highest BCUT2D eigenvalue weighted by Crippen LogP contribution is 2.31. The molecule has 0 spiro atoms. The van der Waals surface area contributed by atoms with Crippen LogP contribution in [0.15, 0.2) is 16.0 Å². The lowest BCUT2D eigenvalue weighted by atomic mass is 10.1. The lowest BCUT2D eigenvalue weighted by Crippen LogP contribution is -2.31. The van der Waals surface area contributed by atoms with Crippen molar-refractivity contribution in [3.63, 3.8) is 0 Å². The van der Waals surface area contributed by atoms with Gasteiger partial charge in [0.05, 0.1) is 6.04 Å². The Hall–Kier alpha value is -1.30. The molecular formula is C17H27N3O2S. The van der Waals surface area contributed by atoms with Crippen LogP contribution in [0.3, 0.4) is 0 Å². The van der Waals surface area contributed by atoms with E-state index >= 15 is 0 Å². The number of unbranched alkanes of at least 4 members (excludes halogenated alkanes) is 5. The van der Waals surface area contributed by atoms with E-state index in [9.17, 15) is 9.59 Å². The molecule has 1 N–H and O–H groups in total. The molecule has 0 fully saturated rings. The van der Waals surface area contributed by atoms with E-state index in [-0.39, 0.29) is 17.5 Å². The number of carbonyl (C=O) groups is 1. The number of rotatable bonds is 9. The normalized spacial score (nSPS) is 16.3. The molecule has 1 atom stereocenters. The Labute approximate surface area is 142 Å². The van der Waals surface area contributed by atoms with Gasteiger partial charge in [0.2, 0.25) is 5.91 Å². The quantitative estimate of drug-likeness (QED) is 0.555. The topological polar surface area (TPSA) is 64.0 Å². The summed E-state index contributed by atoms with van der Waals surface area (Å²) in [6.07, 6.45) is 7.66. The Bertz CT molecular complexity index is 586. The van der Waals surface area contributed by atoms with Crippen LogP contribution in [0.1, 0.15) is 63.6 Å². The maximum atomic E-state index is 12.1. The molecule has 0 saturated carbocycles. The first-order chi connectivity index (χ1) is 11.1. The molecule has 1 unspecified atom stereocenters. The van der Waals surface area contributed by atoms with Crippen LogP contribution in [0.5, 0.6) is 0 Å². The summed E-state index contributed by atoms with van der Waals surface area (Å²) in [6, 6.07) is 1.47. The molecule has 0 radical (unpaired) electrons. The van der Waals surface area contributed by atoms with Crippen molar-refractivity contribution in [1.29, 1.82) is 0 Å². The SMILES string of the molecule is CCCCCCCCNC(=O)CC1CSc2nc(C)cc(=O)n21. The van der Waals surface area contributed by atoms with Gasteiger partial charge in [0.25, 0.3) is 5.56 Å². The van der Waals surface area contributed by atoms with Crippen LogP contribution in [0.25, 0.3) is 0 Å². The van der Waals surface area contributed by atoms with Crippen molar-refractivity contribution in [1.82, 2.24) is 14.9 Å². The Morgan fingerprint density at radius 3 is 2.87 bits per heavy atom. The number of hydrogen-bond donors (Lipinski definition) is 1. The zero-order valence-electron chi connectivity index (χ0n) is 14.1. The van der Waals surface area contributed by atoms with Crippen LogP contribution in [0.4, 0.5) is 0 Å². The lowest BCUT2D eigenvalue weighted by molar-refractivity contribution is -0.121. The first-order valence-corrected chi connectivity index (χ1v) is 9.60. The van der Waals surface area contributed by atoms with E-state index < -0.39 is 0 Å². The second-order valence-corrected chi connectivity index (χ2v) is 7.16. The summed E-state index contributed by atoms with van der Waals surface area (Å²) in [4.78, 5) is 28.5. The van der Waals surface area contributed by atoms with Gasteiger partial charge in [-0.25, -0.2) is 4.98 Å². The monoisotopic (exact) mass is 337 g/mol. The molecule has 1 amide bonds. The summed E-state index contributed by atoms with van der Waals surface area (Å²) in [5.74, 6) is 0.778. The molecule has 1 aromatic rings. The summed E-state index contributed by atoms with van der Waals surface area (Å²) < 4.78 is 1.67. The third-order valence-corrected chi connectivity index (χ3v) is 5.19. The van der Waals surface area contributed by atoms with Gasteiger partial charge in [-0.2, -0.15) is 0 Å². The highest BCUT2D eigenvalue weighted by molar-refractivity contribution is 7.99. The summed E-state index contributed by atoms with van der Waals surface area (Å²) in [5, 5.41) is 3.72. The number of amides is 1. The minimum atomic E-state index is -0.0693. The molecule has 0 saturated heterocycles. The minimum absolute atomic E-state index is 0.0319. The first-order valence-electron chi connectivity index (χ1n) is 8.61. The van der Waals surface area contributed by atoms with E-state index in [0.717, 1.165) is 29.6 Å². The number of aromatic nitrogens is 2. The number of aryl methyl sites for hydroxylation is 1. The number of hydrogen-bond acceptors (Lipinski definition) is 4. The van der Waals surface area contributed by atoms with Crippen LogP contribution in [0.2, 0.25) is 0 Å². The summed E-state index contributed by atoms with van der Waals surface area (Å²) in [6.45, 7) is 4.77. The Balaban J connectivity index is 1.73.